The maximum Gasteiger partial charge on any atom is 0.191 e. The van der Waals surface area contributed by atoms with E-state index in [9.17, 15) is 5.11 Å². The maximum absolute atomic E-state index is 10.3. The topological polar surface area (TPSA) is 75.1 Å². The zero-order valence-electron chi connectivity index (χ0n) is 15.5. The molecule has 6 nitrogen and oxygen atoms in total. The van der Waals surface area contributed by atoms with Gasteiger partial charge in [-0.3, -0.25) is 4.99 Å². The standard InChI is InChI=1S/C19H31N3O3/c1-4-20-19(22-15(3)12-25-17-9-10-24-13-17)21-11-18(23)16-7-5-14(2)6-8-16/h5-8,15,17-18,23H,4,9-13H2,1-3H3,(H2,20,21,22). The summed E-state index contributed by atoms with van der Waals surface area (Å²) < 4.78 is 11.1. The van der Waals surface area contributed by atoms with Crippen molar-refractivity contribution in [2.24, 2.45) is 4.99 Å². The molecule has 3 atom stereocenters. The van der Waals surface area contributed by atoms with Crippen LogP contribution in [0, 0.1) is 6.92 Å². The Hall–Kier alpha value is -1.63. The molecular weight excluding hydrogens is 318 g/mol. The number of guanidine groups is 1. The molecule has 3 N–H and O–H groups in total. The van der Waals surface area contributed by atoms with Crippen molar-refractivity contribution in [1.82, 2.24) is 10.6 Å². The van der Waals surface area contributed by atoms with Crippen LogP contribution in [0.2, 0.25) is 0 Å². The summed E-state index contributed by atoms with van der Waals surface area (Å²) in [6.07, 6.45) is 0.550. The van der Waals surface area contributed by atoms with E-state index in [1.165, 1.54) is 5.56 Å². The van der Waals surface area contributed by atoms with E-state index in [1.54, 1.807) is 0 Å². The van der Waals surface area contributed by atoms with Crippen LogP contribution < -0.4 is 10.6 Å². The molecule has 1 aromatic carbocycles. The normalized spacial score (nSPS) is 20.3. The van der Waals surface area contributed by atoms with E-state index in [0.29, 0.717) is 25.7 Å². The monoisotopic (exact) mass is 349 g/mol. The quantitative estimate of drug-likeness (QED) is 0.493. The van der Waals surface area contributed by atoms with E-state index in [4.69, 9.17) is 9.47 Å². The lowest BCUT2D eigenvalue weighted by molar-refractivity contribution is 0.0347. The van der Waals surface area contributed by atoms with E-state index in [2.05, 4.69) is 22.5 Å². The van der Waals surface area contributed by atoms with E-state index >= 15 is 0 Å². The second kappa shape index (κ2) is 10.4. The van der Waals surface area contributed by atoms with Gasteiger partial charge in [-0.25, -0.2) is 0 Å². The molecule has 1 heterocycles. The third-order valence-corrected chi connectivity index (χ3v) is 4.08. The number of hydrogen-bond donors (Lipinski definition) is 3. The molecule has 1 aromatic rings. The number of hydrogen-bond acceptors (Lipinski definition) is 4. The molecule has 0 bridgehead atoms. The smallest absolute Gasteiger partial charge is 0.191 e. The van der Waals surface area contributed by atoms with Crippen molar-refractivity contribution in [2.45, 2.75) is 45.4 Å². The van der Waals surface area contributed by atoms with Crippen molar-refractivity contribution in [3.63, 3.8) is 0 Å². The van der Waals surface area contributed by atoms with Crippen molar-refractivity contribution >= 4 is 5.96 Å². The molecule has 1 fully saturated rings. The first-order valence-electron chi connectivity index (χ1n) is 9.07. The first kappa shape index (κ1) is 19.7. The Morgan fingerprint density at radius 2 is 2.16 bits per heavy atom. The molecule has 1 saturated heterocycles. The average Bonchev–Trinajstić information content (AvgIpc) is 3.12. The molecule has 3 unspecified atom stereocenters. The third kappa shape index (κ3) is 7.02. The number of aliphatic imine (C=N–C) groups is 1. The molecule has 0 amide bonds. The van der Waals surface area contributed by atoms with Crippen LogP contribution in [0.3, 0.4) is 0 Å². The van der Waals surface area contributed by atoms with Gasteiger partial charge in [-0.15, -0.1) is 0 Å². The fourth-order valence-corrected chi connectivity index (χ4v) is 2.59. The predicted molar refractivity (Wildman–Crippen MR) is 99.9 cm³/mol. The van der Waals surface area contributed by atoms with Crippen LogP contribution >= 0.6 is 0 Å². The van der Waals surface area contributed by atoms with Crippen molar-refractivity contribution in [2.75, 3.05) is 32.9 Å². The Bertz CT molecular complexity index is 527. The number of nitrogens with one attached hydrogen (secondary N) is 2. The minimum Gasteiger partial charge on any atom is -0.386 e. The van der Waals surface area contributed by atoms with Crippen LogP contribution in [-0.2, 0) is 9.47 Å². The van der Waals surface area contributed by atoms with Crippen LogP contribution in [0.1, 0.15) is 37.5 Å². The van der Waals surface area contributed by atoms with Gasteiger partial charge in [0.1, 0.15) is 0 Å². The van der Waals surface area contributed by atoms with E-state index in [0.717, 1.165) is 25.1 Å². The largest absolute Gasteiger partial charge is 0.386 e. The van der Waals surface area contributed by atoms with Gasteiger partial charge in [0, 0.05) is 19.2 Å². The van der Waals surface area contributed by atoms with Crippen molar-refractivity contribution < 1.29 is 14.6 Å². The van der Waals surface area contributed by atoms with Gasteiger partial charge in [0.05, 0.1) is 32.0 Å². The Morgan fingerprint density at radius 1 is 1.40 bits per heavy atom. The third-order valence-electron chi connectivity index (χ3n) is 4.08. The highest BCUT2D eigenvalue weighted by Crippen LogP contribution is 2.13. The summed E-state index contributed by atoms with van der Waals surface area (Å²) in [4.78, 5) is 4.50. The Kier molecular flexibility index (Phi) is 8.18. The minimum atomic E-state index is -0.613. The van der Waals surface area contributed by atoms with Gasteiger partial charge in [0.15, 0.2) is 5.96 Å². The molecule has 0 aromatic heterocycles. The molecule has 0 saturated carbocycles. The molecule has 0 aliphatic carbocycles. The zero-order chi connectivity index (χ0) is 18.1. The Balaban J connectivity index is 1.82. The van der Waals surface area contributed by atoms with Gasteiger partial charge in [0.25, 0.3) is 0 Å². The lowest BCUT2D eigenvalue weighted by Crippen LogP contribution is -2.44. The van der Waals surface area contributed by atoms with Crippen LogP contribution in [0.15, 0.2) is 29.3 Å². The van der Waals surface area contributed by atoms with Crippen LogP contribution in [0.5, 0.6) is 0 Å². The van der Waals surface area contributed by atoms with Gasteiger partial charge in [0.2, 0.25) is 0 Å². The Labute approximate surface area is 150 Å². The van der Waals surface area contributed by atoms with Crippen LogP contribution in [-0.4, -0.2) is 56.1 Å². The van der Waals surface area contributed by atoms with Gasteiger partial charge in [-0.1, -0.05) is 29.8 Å². The highest BCUT2D eigenvalue weighted by molar-refractivity contribution is 5.80. The summed E-state index contributed by atoms with van der Waals surface area (Å²) in [5.41, 5.74) is 2.05. The number of aryl methyl sites for hydroxylation is 1. The number of rotatable bonds is 8. The second-order valence-corrected chi connectivity index (χ2v) is 6.51. The molecular formula is C19H31N3O3. The molecule has 25 heavy (non-hydrogen) atoms. The van der Waals surface area contributed by atoms with E-state index < -0.39 is 6.10 Å². The van der Waals surface area contributed by atoms with Crippen LogP contribution in [0.25, 0.3) is 0 Å². The predicted octanol–water partition coefficient (Wildman–Crippen LogP) is 1.78. The summed E-state index contributed by atoms with van der Waals surface area (Å²) in [5.74, 6) is 0.687. The summed E-state index contributed by atoms with van der Waals surface area (Å²) in [6.45, 7) is 9.24. The number of aliphatic hydroxyl groups excluding tert-OH is 1. The SMILES string of the molecule is CCNC(=NCC(O)c1ccc(C)cc1)NC(C)COC1CCOC1. The molecule has 140 valence electrons. The number of aliphatic hydroxyl groups is 1. The molecule has 0 radical (unpaired) electrons. The average molecular weight is 349 g/mol. The van der Waals surface area contributed by atoms with Crippen molar-refractivity contribution in [3.05, 3.63) is 35.4 Å². The van der Waals surface area contributed by atoms with Gasteiger partial charge in [-0.2, -0.15) is 0 Å². The van der Waals surface area contributed by atoms with Gasteiger partial charge >= 0.3 is 0 Å². The first-order valence-corrected chi connectivity index (χ1v) is 9.07. The summed E-state index contributed by atoms with van der Waals surface area (Å²) >= 11 is 0. The fourth-order valence-electron chi connectivity index (χ4n) is 2.59. The summed E-state index contributed by atoms with van der Waals surface area (Å²) in [7, 11) is 0. The summed E-state index contributed by atoms with van der Waals surface area (Å²) in [5, 5.41) is 16.8. The highest BCUT2D eigenvalue weighted by Gasteiger charge is 2.17. The number of nitrogens with zero attached hydrogens (tertiary/aromatic N) is 1. The van der Waals surface area contributed by atoms with Crippen molar-refractivity contribution in [3.8, 4) is 0 Å². The van der Waals surface area contributed by atoms with E-state index in [1.807, 2.05) is 38.1 Å². The molecule has 2 rings (SSSR count). The highest BCUT2D eigenvalue weighted by atomic mass is 16.5. The number of ether oxygens (including phenoxy) is 2. The lowest BCUT2D eigenvalue weighted by Gasteiger charge is -2.20. The van der Waals surface area contributed by atoms with Crippen molar-refractivity contribution in [1.29, 1.82) is 0 Å². The molecule has 0 spiro atoms. The molecule has 6 heteroatoms. The summed E-state index contributed by atoms with van der Waals surface area (Å²) in [6, 6.07) is 8.00. The van der Waals surface area contributed by atoms with Gasteiger partial charge < -0.3 is 25.2 Å². The number of benzene rings is 1. The fraction of sp³-hybridized carbons (Fsp3) is 0.632. The van der Waals surface area contributed by atoms with E-state index in [-0.39, 0.29) is 12.1 Å². The zero-order valence-corrected chi connectivity index (χ0v) is 15.5. The van der Waals surface area contributed by atoms with Crippen LogP contribution in [0.4, 0.5) is 0 Å². The molecule has 1 aliphatic rings. The minimum absolute atomic E-state index is 0.120. The molecule has 1 aliphatic heterocycles. The van der Waals surface area contributed by atoms with Gasteiger partial charge in [-0.05, 0) is 32.8 Å². The lowest BCUT2D eigenvalue weighted by atomic mass is 10.1. The second-order valence-electron chi connectivity index (χ2n) is 6.51. The Morgan fingerprint density at radius 3 is 2.80 bits per heavy atom. The first-order chi connectivity index (χ1) is 12.1. The maximum atomic E-state index is 10.3.